The molecule has 4 rings (SSSR count). The largest absolute Gasteiger partial charge is 0.383 e. The summed E-state index contributed by atoms with van der Waals surface area (Å²) < 4.78 is 27.0. The summed E-state index contributed by atoms with van der Waals surface area (Å²) in [6, 6.07) is 11.0. The second kappa shape index (κ2) is 9.99. The van der Waals surface area contributed by atoms with Gasteiger partial charge in [-0.05, 0) is 46.8 Å². The number of hydrogen-bond acceptors (Lipinski definition) is 6. The van der Waals surface area contributed by atoms with Crippen molar-refractivity contribution in [3.05, 3.63) is 95.7 Å². The SMILES string of the molecule is Nc1nccc2cc(CNC(=O)[C@H](Cc3ccc(F)c(F)c3)NC(=O)c3ccncn3)ccc12. The van der Waals surface area contributed by atoms with Gasteiger partial charge in [0.15, 0.2) is 11.6 Å². The van der Waals surface area contributed by atoms with Gasteiger partial charge >= 0.3 is 0 Å². The van der Waals surface area contributed by atoms with Crippen molar-refractivity contribution in [3.8, 4) is 0 Å². The topological polar surface area (TPSA) is 123 Å². The highest BCUT2D eigenvalue weighted by atomic mass is 19.2. The molecule has 2 aromatic heterocycles. The molecule has 1 atom stereocenters. The first kappa shape index (κ1) is 22.7. The second-order valence-electron chi connectivity index (χ2n) is 7.54. The third-order valence-corrected chi connectivity index (χ3v) is 5.19. The van der Waals surface area contributed by atoms with Gasteiger partial charge in [0.05, 0.1) is 0 Å². The molecule has 172 valence electrons. The molecule has 0 spiro atoms. The van der Waals surface area contributed by atoms with Crippen LogP contribution in [0.25, 0.3) is 10.8 Å². The highest BCUT2D eigenvalue weighted by molar-refractivity contribution is 5.96. The van der Waals surface area contributed by atoms with E-state index in [1.54, 1.807) is 6.20 Å². The Morgan fingerprint density at radius 2 is 1.76 bits per heavy atom. The summed E-state index contributed by atoms with van der Waals surface area (Å²) in [5, 5.41) is 7.05. The lowest BCUT2D eigenvalue weighted by atomic mass is 10.0. The van der Waals surface area contributed by atoms with Crippen LogP contribution in [-0.4, -0.2) is 32.8 Å². The molecule has 2 heterocycles. The summed E-state index contributed by atoms with van der Waals surface area (Å²) in [5.41, 5.74) is 7.09. The van der Waals surface area contributed by atoms with E-state index in [9.17, 15) is 18.4 Å². The number of hydrogen-bond donors (Lipinski definition) is 3. The van der Waals surface area contributed by atoms with Crippen LogP contribution in [-0.2, 0) is 17.8 Å². The zero-order valence-electron chi connectivity index (χ0n) is 17.8. The molecule has 0 fully saturated rings. The number of fused-ring (bicyclic) bond motifs is 1. The summed E-state index contributed by atoms with van der Waals surface area (Å²) in [6.45, 7) is 0.175. The number of rotatable bonds is 7. The summed E-state index contributed by atoms with van der Waals surface area (Å²) >= 11 is 0. The van der Waals surface area contributed by atoms with Gasteiger partial charge in [-0.2, -0.15) is 0 Å². The number of benzene rings is 2. The molecule has 0 aliphatic heterocycles. The quantitative estimate of drug-likeness (QED) is 0.388. The molecule has 4 aromatic rings. The summed E-state index contributed by atoms with van der Waals surface area (Å²) in [7, 11) is 0. The van der Waals surface area contributed by atoms with Crippen LogP contribution in [0.4, 0.5) is 14.6 Å². The van der Waals surface area contributed by atoms with Gasteiger partial charge in [0.1, 0.15) is 23.9 Å². The van der Waals surface area contributed by atoms with Gasteiger partial charge in [0, 0.05) is 30.7 Å². The van der Waals surface area contributed by atoms with Crippen LogP contribution in [0, 0.1) is 11.6 Å². The van der Waals surface area contributed by atoms with E-state index in [-0.39, 0.29) is 18.7 Å². The number of amides is 2. The summed E-state index contributed by atoms with van der Waals surface area (Å²) in [5.74, 6) is -2.72. The number of carbonyl (C=O) groups excluding carboxylic acids is 2. The lowest BCUT2D eigenvalue weighted by molar-refractivity contribution is -0.123. The maximum Gasteiger partial charge on any atom is 0.270 e. The Kier molecular flexibility index (Phi) is 6.67. The minimum Gasteiger partial charge on any atom is -0.383 e. The molecule has 0 saturated carbocycles. The fourth-order valence-corrected chi connectivity index (χ4v) is 3.44. The Bertz CT molecular complexity index is 1350. The van der Waals surface area contributed by atoms with Crippen molar-refractivity contribution in [2.45, 2.75) is 19.0 Å². The van der Waals surface area contributed by atoms with Crippen molar-refractivity contribution >= 4 is 28.4 Å². The van der Waals surface area contributed by atoms with Crippen molar-refractivity contribution in [2.75, 3.05) is 5.73 Å². The maximum atomic E-state index is 13.7. The number of halogens is 2. The summed E-state index contributed by atoms with van der Waals surface area (Å²) in [6.07, 6.45) is 4.15. The standard InChI is InChI=1S/C24H20F2N6O2/c25-18-4-2-14(10-19(18)26)11-21(32-24(34)20-6-7-28-13-31-20)23(33)30-12-15-1-3-17-16(9-15)5-8-29-22(17)27/h1-10,13,21H,11-12H2,(H2,27,29)(H,30,33)(H,32,34)/t21-/m0/s1. The van der Waals surface area contributed by atoms with Crippen LogP contribution in [0.2, 0.25) is 0 Å². The number of nitrogen functional groups attached to an aromatic ring is 1. The van der Waals surface area contributed by atoms with E-state index in [0.717, 1.165) is 28.5 Å². The molecule has 10 heteroatoms. The Morgan fingerprint density at radius 3 is 2.53 bits per heavy atom. The molecular weight excluding hydrogens is 442 g/mol. The lowest BCUT2D eigenvalue weighted by Gasteiger charge is -2.19. The van der Waals surface area contributed by atoms with E-state index in [1.165, 1.54) is 24.7 Å². The number of pyridine rings is 1. The average Bonchev–Trinajstić information content (AvgIpc) is 2.85. The molecule has 0 unspecified atom stereocenters. The van der Waals surface area contributed by atoms with Gasteiger partial charge in [0.25, 0.3) is 5.91 Å². The van der Waals surface area contributed by atoms with Gasteiger partial charge in [-0.15, -0.1) is 0 Å². The third-order valence-electron chi connectivity index (χ3n) is 5.19. The Labute approximate surface area is 193 Å². The Hall–Kier alpha value is -4.47. The smallest absolute Gasteiger partial charge is 0.270 e. The van der Waals surface area contributed by atoms with Crippen LogP contribution < -0.4 is 16.4 Å². The van der Waals surface area contributed by atoms with Gasteiger partial charge < -0.3 is 16.4 Å². The number of nitrogens with zero attached hydrogens (tertiary/aromatic N) is 3. The van der Waals surface area contributed by atoms with E-state index < -0.39 is 29.5 Å². The number of nitrogens with one attached hydrogen (secondary N) is 2. The summed E-state index contributed by atoms with van der Waals surface area (Å²) in [4.78, 5) is 37.3. The first-order valence-electron chi connectivity index (χ1n) is 10.3. The fraction of sp³-hybridized carbons (Fsp3) is 0.125. The number of carbonyl (C=O) groups is 2. The van der Waals surface area contributed by atoms with Crippen LogP contribution in [0.5, 0.6) is 0 Å². The van der Waals surface area contributed by atoms with Crippen molar-refractivity contribution in [1.29, 1.82) is 0 Å². The molecule has 8 nitrogen and oxygen atoms in total. The highest BCUT2D eigenvalue weighted by Crippen LogP contribution is 2.20. The Morgan fingerprint density at radius 1 is 0.941 bits per heavy atom. The predicted molar refractivity (Wildman–Crippen MR) is 121 cm³/mol. The molecular formula is C24H20F2N6O2. The van der Waals surface area contributed by atoms with Crippen LogP contribution in [0.1, 0.15) is 21.6 Å². The van der Waals surface area contributed by atoms with Crippen LogP contribution in [0.15, 0.2) is 67.3 Å². The molecule has 2 aromatic carbocycles. The van der Waals surface area contributed by atoms with E-state index in [2.05, 4.69) is 25.6 Å². The average molecular weight is 462 g/mol. The first-order chi connectivity index (χ1) is 16.4. The molecule has 0 aliphatic rings. The lowest BCUT2D eigenvalue weighted by Crippen LogP contribution is -2.48. The van der Waals surface area contributed by atoms with Gasteiger partial charge in [-0.25, -0.2) is 23.7 Å². The van der Waals surface area contributed by atoms with E-state index in [4.69, 9.17) is 5.73 Å². The molecule has 0 aliphatic carbocycles. The van der Waals surface area contributed by atoms with E-state index >= 15 is 0 Å². The number of aromatic nitrogens is 3. The molecule has 2 amide bonds. The normalized spacial score (nSPS) is 11.7. The van der Waals surface area contributed by atoms with Gasteiger partial charge in [-0.1, -0.05) is 18.2 Å². The second-order valence-corrected chi connectivity index (χ2v) is 7.54. The zero-order chi connectivity index (χ0) is 24.1. The molecule has 0 saturated heterocycles. The first-order valence-corrected chi connectivity index (χ1v) is 10.3. The van der Waals surface area contributed by atoms with Crippen LogP contribution in [0.3, 0.4) is 0 Å². The molecule has 34 heavy (non-hydrogen) atoms. The van der Waals surface area contributed by atoms with Crippen molar-refractivity contribution in [2.24, 2.45) is 0 Å². The van der Waals surface area contributed by atoms with Gasteiger partial charge in [0.2, 0.25) is 5.91 Å². The Balaban J connectivity index is 1.51. The van der Waals surface area contributed by atoms with E-state index in [1.807, 2.05) is 24.3 Å². The predicted octanol–water partition coefficient (Wildman–Crippen LogP) is 2.54. The van der Waals surface area contributed by atoms with Crippen molar-refractivity contribution < 1.29 is 18.4 Å². The van der Waals surface area contributed by atoms with Gasteiger partial charge in [-0.3, -0.25) is 9.59 Å². The molecule has 4 N–H and O–H groups in total. The fourth-order valence-electron chi connectivity index (χ4n) is 3.44. The van der Waals surface area contributed by atoms with Crippen LogP contribution >= 0.6 is 0 Å². The zero-order valence-corrected chi connectivity index (χ0v) is 17.8. The monoisotopic (exact) mass is 462 g/mol. The maximum absolute atomic E-state index is 13.7. The van der Waals surface area contributed by atoms with Crippen molar-refractivity contribution in [1.82, 2.24) is 25.6 Å². The highest BCUT2D eigenvalue weighted by Gasteiger charge is 2.23. The van der Waals surface area contributed by atoms with E-state index in [0.29, 0.717) is 11.4 Å². The minimum absolute atomic E-state index is 0.0558. The number of nitrogens with two attached hydrogens (primary N) is 1. The van der Waals surface area contributed by atoms with Crippen molar-refractivity contribution in [3.63, 3.8) is 0 Å². The number of anilines is 1. The minimum atomic E-state index is -1.06. The molecule has 0 radical (unpaired) electrons. The third kappa shape index (κ3) is 5.29. The molecule has 0 bridgehead atoms.